The molecule has 0 amide bonds. The zero-order valence-electron chi connectivity index (χ0n) is 10.4. The molecule has 92 valence electrons. The minimum Gasteiger partial charge on any atom is -0.358 e. The van der Waals surface area contributed by atoms with Gasteiger partial charge >= 0.3 is 0 Å². The average molecular weight is 240 g/mol. The van der Waals surface area contributed by atoms with Crippen molar-refractivity contribution in [3.63, 3.8) is 0 Å². The SMILES string of the molecule is C=C=C/C=C\C(=C/C)C1(O)OCc2ccccc21. The van der Waals surface area contributed by atoms with Crippen LogP contribution in [0.1, 0.15) is 18.1 Å². The molecule has 0 spiro atoms. The van der Waals surface area contributed by atoms with Crippen molar-refractivity contribution < 1.29 is 9.84 Å². The van der Waals surface area contributed by atoms with Gasteiger partial charge in [-0.1, -0.05) is 49.1 Å². The lowest BCUT2D eigenvalue weighted by atomic mass is 9.95. The molecule has 0 saturated carbocycles. The fourth-order valence-corrected chi connectivity index (χ4v) is 2.10. The van der Waals surface area contributed by atoms with E-state index in [9.17, 15) is 5.11 Å². The van der Waals surface area contributed by atoms with E-state index >= 15 is 0 Å². The standard InChI is InChI=1S/C16H16O2/c1-3-5-6-10-14(4-2)16(17)15-11-8-7-9-13(15)12-18-16/h4-11,17H,1,12H2,2H3/b10-6-,14-4+. The van der Waals surface area contributed by atoms with Gasteiger partial charge in [-0.2, -0.15) is 0 Å². The first-order valence-electron chi connectivity index (χ1n) is 5.86. The van der Waals surface area contributed by atoms with Crippen LogP contribution in [0.2, 0.25) is 0 Å². The highest BCUT2D eigenvalue weighted by molar-refractivity contribution is 5.43. The van der Waals surface area contributed by atoms with Crippen LogP contribution >= 0.6 is 0 Å². The lowest BCUT2D eigenvalue weighted by Gasteiger charge is -2.24. The third-order valence-electron chi connectivity index (χ3n) is 3.01. The van der Waals surface area contributed by atoms with Crippen molar-refractivity contribution in [3.8, 4) is 0 Å². The summed E-state index contributed by atoms with van der Waals surface area (Å²) >= 11 is 0. The van der Waals surface area contributed by atoms with E-state index in [-0.39, 0.29) is 0 Å². The molecular weight excluding hydrogens is 224 g/mol. The number of hydrogen-bond donors (Lipinski definition) is 1. The van der Waals surface area contributed by atoms with Crippen molar-refractivity contribution >= 4 is 0 Å². The fraction of sp³-hybridized carbons (Fsp3) is 0.188. The molecule has 1 N–H and O–H groups in total. The Morgan fingerprint density at radius 2 is 2.28 bits per heavy atom. The Kier molecular flexibility index (Phi) is 3.63. The summed E-state index contributed by atoms with van der Waals surface area (Å²) in [6.45, 7) is 5.79. The van der Waals surface area contributed by atoms with Gasteiger partial charge in [0.25, 0.3) is 0 Å². The summed E-state index contributed by atoms with van der Waals surface area (Å²) in [5.41, 5.74) is 5.20. The topological polar surface area (TPSA) is 29.5 Å². The van der Waals surface area contributed by atoms with Crippen LogP contribution in [0, 0.1) is 0 Å². The summed E-state index contributed by atoms with van der Waals surface area (Å²) in [5, 5.41) is 10.7. The summed E-state index contributed by atoms with van der Waals surface area (Å²) in [6, 6.07) is 7.70. The van der Waals surface area contributed by atoms with E-state index in [0.29, 0.717) is 12.2 Å². The number of hydrogen-bond acceptors (Lipinski definition) is 2. The van der Waals surface area contributed by atoms with E-state index in [1.54, 1.807) is 18.2 Å². The number of fused-ring (bicyclic) bond motifs is 1. The van der Waals surface area contributed by atoms with Gasteiger partial charge < -0.3 is 9.84 Å². The Morgan fingerprint density at radius 1 is 1.50 bits per heavy atom. The van der Waals surface area contributed by atoms with E-state index in [2.05, 4.69) is 12.3 Å². The van der Waals surface area contributed by atoms with E-state index in [1.165, 1.54) is 0 Å². The fourth-order valence-electron chi connectivity index (χ4n) is 2.10. The molecule has 0 aliphatic carbocycles. The van der Waals surface area contributed by atoms with Crippen molar-refractivity contribution in [2.24, 2.45) is 0 Å². The molecule has 2 nitrogen and oxygen atoms in total. The van der Waals surface area contributed by atoms with Crippen LogP contribution in [0.4, 0.5) is 0 Å². The van der Waals surface area contributed by atoms with Gasteiger partial charge in [0.15, 0.2) is 0 Å². The minimum atomic E-state index is -1.35. The molecule has 0 bridgehead atoms. The maximum Gasteiger partial charge on any atom is 0.220 e. The quantitative estimate of drug-likeness (QED) is 0.649. The van der Waals surface area contributed by atoms with Crippen LogP contribution in [0.25, 0.3) is 0 Å². The van der Waals surface area contributed by atoms with Gasteiger partial charge in [0.05, 0.1) is 6.61 Å². The Balaban J connectivity index is 2.41. The number of rotatable bonds is 3. The van der Waals surface area contributed by atoms with E-state index < -0.39 is 5.79 Å². The van der Waals surface area contributed by atoms with Crippen molar-refractivity contribution in [3.05, 3.63) is 77.6 Å². The third-order valence-corrected chi connectivity index (χ3v) is 3.01. The van der Waals surface area contributed by atoms with Crippen LogP contribution < -0.4 is 0 Å². The molecule has 0 fully saturated rings. The first-order valence-corrected chi connectivity index (χ1v) is 5.86. The highest BCUT2D eigenvalue weighted by atomic mass is 16.6. The highest BCUT2D eigenvalue weighted by Crippen LogP contribution is 2.40. The average Bonchev–Trinajstić information content (AvgIpc) is 2.74. The van der Waals surface area contributed by atoms with Crippen LogP contribution in [0.15, 0.2) is 66.5 Å². The second-order valence-corrected chi connectivity index (χ2v) is 4.06. The van der Waals surface area contributed by atoms with Crippen molar-refractivity contribution in [2.75, 3.05) is 0 Å². The molecule has 1 unspecified atom stereocenters. The molecule has 1 aliphatic rings. The van der Waals surface area contributed by atoms with Crippen LogP contribution in [-0.2, 0) is 17.1 Å². The summed E-state index contributed by atoms with van der Waals surface area (Å²) in [6.07, 6.45) is 7.12. The maximum atomic E-state index is 10.7. The molecular formula is C16H16O2. The molecule has 2 rings (SSSR count). The van der Waals surface area contributed by atoms with E-state index in [4.69, 9.17) is 4.74 Å². The predicted octanol–water partition coefficient (Wildman–Crippen LogP) is 3.21. The Morgan fingerprint density at radius 3 is 3.00 bits per heavy atom. The van der Waals surface area contributed by atoms with Gasteiger partial charge in [0.2, 0.25) is 5.79 Å². The van der Waals surface area contributed by atoms with Gasteiger partial charge in [0.1, 0.15) is 0 Å². The van der Waals surface area contributed by atoms with Gasteiger partial charge in [-0.25, -0.2) is 0 Å². The molecule has 18 heavy (non-hydrogen) atoms. The second-order valence-electron chi connectivity index (χ2n) is 4.06. The summed E-state index contributed by atoms with van der Waals surface area (Å²) < 4.78 is 5.58. The van der Waals surface area contributed by atoms with Crippen LogP contribution in [-0.4, -0.2) is 5.11 Å². The zero-order chi connectivity index (χ0) is 13.0. The molecule has 1 heterocycles. The molecule has 1 aliphatic heterocycles. The largest absolute Gasteiger partial charge is 0.358 e. The summed E-state index contributed by atoms with van der Waals surface area (Å²) in [4.78, 5) is 0. The number of ether oxygens (including phenoxy) is 1. The molecule has 1 atom stereocenters. The monoisotopic (exact) mass is 240 g/mol. The smallest absolute Gasteiger partial charge is 0.220 e. The normalized spacial score (nSPS) is 22.9. The number of benzene rings is 1. The molecule has 0 aromatic heterocycles. The van der Waals surface area contributed by atoms with Crippen molar-refractivity contribution in [2.45, 2.75) is 19.3 Å². The number of allylic oxidation sites excluding steroid dienone is 3. The predicted molar refractivity (Wildman–Crippen MR) is 71.7 cm³/mol. The zero-order valence-corrected chi connectivity index (χ0v) is 10.4. The number of aliphatic hydroxyl groups is 1. The molecule has 1 aromatic carbocycles. The molecule has 2 heteroatoms. The van der Waals surface area contributed by atoms with Crippen LogP contribution in [0.3, 0.4) is 0 Å². The highest BCUT2D eigenvalue weighted by Gasteiger charge is 2.39. The van der Waals surface area contributed by atoms with Gasteiger partial charge in [-0.15, -0.1) is 5.73 Å². The molecule has 0 radical (unpaired) electrons. The van der Waals surface area contributed by atoms with E-state index in [0.717, 1.165) is 11.1 Å². The Labute approximate surface area is 107 Å². The summed E-state index contributed by atoms with van der Waals surface area (Å²) in [5.74, 6) is -1.35. The molecule has 0 saturated heterocycles. The maximum absolute atomic E-state index is 10.7. The van der Waals surface area contributed by atoms with Gasteiger partial charge in [0, 0.05) is 11.1 Å². The minimum absolute atomic E-state index is 0.426. The first-order chi connectivity index (χ1) is 8.72. The first kappa shape index (κ1) is 12.6. The van der Waals surface area contributed by atoms with Gasteiger partial charge in [-0.05, 0) is 18.6 Å². The lowest BCUT2D eigenvalue weighted by Crippen LogP contribution is -2.26. The lowest BCUT2D eigenvalue weighted by molar-refractivity contribution is -0.171. The van der Waals surface area contributed by atoms with Gasteiger partial charge in [-0.3, -0.25) is 0 Å². The van der Waals surface area contributed by atoms with Crippen molar-refractivity contribution in [1.29, 1.82) is 0 Å². The Bertz CT molecular complexity index is 548. The Hall–Kier alpha value is -1.86. The van der Waals surface area contributed by atoms with Crippen molar-refractivity contribution in [1.82, 2.24) is 0 Å². The molecule has 1 aromatic rings. The summed E-state index contributed by atoms with van der Waals surface area (Å²) in [7, 11) is 0. The third kappa shape index (κ3) is 2.09. The second kappa shape index (κ2) is 5.19. The van der Waals surface area contributed by atoms with E-state index in [1.807, 2.05) is 37.3 Å². The van der Waals surface area contributed by atoms with Crippen LogP contribution in [0.5, 0.6) is 0 Å².